The first-order chi connectivity index (χ1) is 13.1. The van der Waals surface area contributed by atoms with Crippen LogP contribution >= 0.6 is 34.5 Å². The van der Waals surface area contributed by atoms with Crippen LogP contribution in [0.4, 0.5) is 5.00 Å². The molecule has 0 saturated carbocycles. The number of benzene rings is 1. The molecule has 2 amide bonds. The minimum atomic E-state index is -0.650. The highest BCUT2D eigenvalue weighted by Gasteiger charge is 2.27. The number of hydrogen-bond acceptors (Lipinski definition) is 6. The van der Waals surface area contributed by atoms with Crippen LogP contribution < -0.4 is 10.1 Å². The normalized spacial score (nSPS) is 10.4. The molecule has 0 aliphatic heterocycles. The summed E-state index contributed by atoms with van der Waals surface area (Å²) >= 11 is 12.8. The molecule has 0 radical (unpaired) electrons. The van der Waals surface area contributed by atoms with Crippen LogP contribution in [0.15, 0.2) is 18.2 Å². The molecule has 1 aromatic heterocycles. The largest absolute Gasteiger partial charge is 0.482 e. The first-order valence-corrected chi connectivity index (χ1v) is 9.54. The van der Waals surface area contributed by atoms with Gasteiger partial charge in [0.25, 0.3) is 11.8 Å². The number of nitrogens with one attached hydrogen (secondary N) is 1. The number of thiophene rings is 1. The SMILES string of the molecule is COC(=O)c1c(NC(=O)COc2ccc(Cl)cc2Cl)sc(C(=O)N(C)C)c1C. The lowest BCUT2D eigenvalue weighted by Gasteiger charge is -2.09. The van der Waals surface area contributed by atoms with E-state index >= 15 is 0 Å². The lowest BCUT2D eigenvalue weighted by molar-refractivity contribution is -0.118. The second-order valence-corrected chi connectivity index (χ2v) is 7.73. The van der Waals surface area contributed by atoms with Gasteiger partial charge in [-0.3, -0.25) is 9.59 Å². The summed E-state index contributed by atoms with van der Waals surface area (Å²) in [5.41, 5.74) is 0.572. The van der Waals surface area contributed by atoms with Crippen molar-refractivity contribution in [3.63, 3.8) is 0 Å². The van der Waals surface area contributed by atoms with E-state index in [2.05, 4.69) is 5.32 Å². The molecule has 0 aliphatic rings. The molecule has 1 heterocycles. The lowest BCUT2D eigenvalue weighted by atomic mass is 10.1. The Kier molecular flexibility index (Phi) is 7.29. The highest BCUT2D eigenvalue weighted by Crippen LogP contribution is 2.34. The summed E-state index contributed by atoms with van der Waals surface area (Å²) in [6.45, 7) is 1.27. The highest BCUT2D eigenvalue weighted by molar-refractivity contribution is 7.18. The molecule has 0 bridgehead atoms. The number of rotatable bonds is 6. The van der Waals surface area contributed by atoms with Gasteiger partial charge in [-0.15, -0.1) is 11.3 Å². The van der Waals surface area contributed by atoms with Crippen molar-refractivity contribution in [2.24, 2.45) is 0 Å². The van der Waals surface area contributed by atoms with Gasteiger partial charge in [-0.25, -0.2) is 4.79 Å². The standard InChI is InChI=1S/C18H18Cl2N2O5S/c1-9-14(18(25)26-4)16(28-15(9)17(24)22(2)3)21-13(23)8-27-12-6-5-10(19)7-11(12)20/h5-7H,8H2,1-4H3,(H,21,23). The summed E-state index contributed by atoms with van der Waals surface area (Å²) in [4.78, 5) is 38.5. The van der Waals surface area contributed by atoms with Gasteiger partial charge in [0.1, 0.15) is 10.8 Å². The van der Waals surface area contributed by atoms with Gasteiger partial charge in [-0.1, -0.05) is 23.2 Å². The van der Waals surface area contributed by atoms with Crippen molar-refractivity contribution in [2.45, 2.75) is 6.92 Å². The van der Waals surface area contributed by atoms with Crippen LogP contribution in [0.2, 0.25) is 10.0 Å². The Balaban J connectivity index is 2.21. The molecule has 0 aliphatic carbocycles. The molecule has 0 unspecified atom stereocenters. The van der Waals surface area contributed by atoms with E-state index in [0.29, 0.717) is 21.2 Å². The Hall–Kier alpha value is -2.29. The van der Waals surface area contributed by atoms with Gasteiger partial charge in [-0.2, -0.15) is 0 Å². The molecule has 2 aromatic rings. The molecule has 28 heavy (non-hydrogen) atoms. The van der Waals surface area contributed by atoms with E-state index in [1.807, 2.05) is 0 Å². The summed E-state index contributed by atoms with van der Waals surface area (Å²) in [6.07, 6.45) is 0. The van der Waals surface area contributed by atoms with Crippen molar-refractivity contribution in [3.8, 4) is 5.75 Å². The van der Waals surface area contributed by atoms with E-state index < -0.39 is 11.9 Å². The van der Waals surface area contributed by atoms with Gasteiger partial charge in [0, 0.05) is 19.1 Å². The monoisotopic (exact) mass is 444 g/mol. The van der Waals surface area contributed by atoms with Gasteiger partial charge in [0.15, 0.2) is 6.61 Å². The summed E-state index contributed by atoms with van der Waals surface area (Å²) in [5.74, 6) is -1.16. The van der Waals surface area contributed by atoms with Crippen LogP contribution in [-0.2, 0) is 9.53 Å². The average molecular weight is 445 g/mol. The van der Waals surface area contributed by atoms with E-state index in [1.165, 1.54) is 18.1 Å². The van der Waals surface area contributed by atoms with Gasteiger partial charge in [0.05, 0.1) is 22.6 Å². The van der Waals surface area contributed by atoms with Crippen molar-refractivity contribution in [1.82, 2.24) is 4.90 Å². The van der Waals surface area contributed by atoms with Gasteiger partial charge >= 0.3 is 5.97 Å². The maximum absolute atomic E-state index is 12.3. The summed E-state index contributed by atoms with van der Waals surface area (Å²) in [7, 11) is 4.42. The second-order valence-electron chi connectivity index (χ2n) is 5.86. The third-order valence-corrected chi connectivity index (χ3v) is 5.37. The van der Waals surface area contributed by atoms with Gasteiger partial charge < -0.3 is 19.7 Å². The zero-order chi connectivity index (χ0) is 21.0. The summed E-state index contributed by atoms with van der Waals surface area (Å²) in [5, 5.41) is 3.52. The van der Waals surface area contributed by atoms with E-state index in [0.717, 1.165) is 11.3 Å². The van der Waals surface area contributed by atoms with Crippen LogP contribution in [-0.4, -0.2) is 50.5 Å². The number of esters is 1. The molecule has 0 saturated heterocycles. The Morgan fingerprint density at radius 1 is 1.21 bits per heavy atom. The van der Waals surface area contributed by atoms with E-state index in [1.54, 1.807) is 33.2 Å². The topological polar surface area (TPSA) is 84.9 Å². The number of methoxy groups -OCH3 is 1. The number of nitrogens with zero attached hydrogens (tertiary/aromatic N) is 1. The average Bonchev–Trinajstić information content (AvgIpc) is 2.95. The Labute approximate surface area is 176 Å². The second kappa shape index (κ2) is 9.27. The number of carbonyl (C=O) groups is 3. The smallest absolute Gasteiger partial charge is 0.341 e. The third-order valence-electron chi connectivity index (χ3n) is 3.64. The van der Waals surface area contributed by atoms with Crippen molar-refractivity contribution in [1.29, 1.82) is 0 Å². The molecule has 2 rings (SSSR count). The molecule has 10 heteroatoms. The number of hydrogen-bond donors (Lipinski definition) is 1. The summed E-state index contributed by atoms with van der Waals surface area (Å²) in [6, 6.07) is 4.62. The molecular formula is C18H18Cl2N2O5S. The quantitative estimate of drug-likeness (QED) is 0.683. The lowest BCUT2D eigenvalue weighted by Crippen LogP contribution is -2.21. The van der Waals surface area contributed by atoms with Crippen molar-refractivity contribution >= 4 is 57.3 Å². The first-order valence-electron chi connectivity index (χ1n) is 7.96. The number of anilines is 1. The fourth-order valence-electron chi connectivity index (χ4n) is 2.25. The van der Waals surface area contributed by atoms with Crippen LogP contribution in [0.25, 0.3) is 0 Å². The molecule has 7 nitrogen and oxygen atoms in total. The van der Waals surface area contributed by atoms with Crippen LogP contribution in [0.5, 0.6) is 5.75 Å². The van der Waals surface area contributed by atoms with Gasteiger partial charge in [-0.05, 0) is 30.7 Å². The Morgan fingerprint density at radius 3 is 2.46 bits per heavy atom. The maximum atomic E-state index is 12.3. The Morgan fingerprint density at radius 2 is 1.89 bits per heavy atom. The fourth-order valence-corrected chi connectivity index (χ4v) is 3.95. The van der Waals surface area contributed by atoms with Gasteiger partial charge in [0.2, 0.25) is 0 Å². The van der Waals surface area contributed by atoms with Crippen molar-refractivity contribution < 1.29 is 23.9 Å². The molecule has 150 valence electrons. The third kappa shape index (κ3) is 4.95. The number of amides is 2. The number of halogens is 2. The minimum absolute atomic E-state index is 0.135. The zero-order valence-electron chi connectivity index (χ0n) is 15.6. The summed E-state index contributed by atoms with van der Waals surface area (Å²) < 4.78 is 10.2. The van der Waals surface area contributed by atoms with E-state index in [-0.39, 0.29) is 28.1 Å². The molecule has 0 spiro atoms. The molecule has 0 fully saturated rings. The molecule has 1 aromatic carbocycles. The Bertz CT molecular complexity index is 927. The maximum Gasteiger partial charge on any atom is 0.341 e. The molecule has 0 atom stereocenters. The fraction of sp³-hybridized carbons (Fsp3) is 0.278. The minimum Gasteiger partial charge on any atom is -0.482 e. The van der Waals surface area contributed by atoms with Crippen LogP contribution in [0.1, 0.15) is 25.6 Å². The highest BCUT2D eigenvalue weighted by atomic mass is 35.5. The molecular weight excluding hydrogens is 427 g/mol. The first kappa shape index (κ1) is 22.0. The van der Waals surface area contributed by atoms with Crippen molar-refractivity contribution in [2.75, 3.05) is 33.1 Å². The van der Waals surface area contributed by atoms with Crippen LogP contribution in [0.3, 0.4) is 0 Å². The predicted octanol–water partition coefficient (Wildman–Crippen LogP) is 3.87. The van der Waals surface area contributed by atoms with E-state index in [4.69, 9.17) is 32.7 Å². The predicted molar refractivity (Wildman–Crippen MR) is 109 cm³/mol. The number of carbonyl (C=O) groups excluding carboxylic acids is 3. The number of ether oxygens (including phenoxy) is 2. The van der Waals surface area contributed by atoms with Crippen molar-refractivity contribution in [3.05, 3.63) is 44.2 Å². The molecule has 1 N–H and O–H groups in total. The van der Waals surface area contributed by atoms with Crippen LogP contribution in [0, 0.1) is 6.92 Å². The van der Waals surface area contributed by atoms with E-state index in [9.17, 15) is 14.4 Å². The zero-order valence-corrected chi connectivity index (χ0v) is 17.9.